The Balaban J connectivity index is 2.01. The van der Waals surface area contributed by atoms with E-state index in [1.807, 2.05) is 6.92 Å². The van der Waals surface area contributed by atoms with Crippen molar-refractivity contribution >= 4 is 5.91 Å². The van der Waals surface area contributed by atoms with Gasteiger partial charge in [0.25, 0.3) is 5.69 Å². The maximum atomic E-state index is 11.7. The Kier molecular flexibility index (Phi) is 3.02. The van der Waals surface area contributed by atoms with Crippen LogP contribution in [-0.2, 0) is 0 Å². The maximum Gasteiger partial charge on any atom is 0.318 e. The van der Waals surface area contributed by atoms with Crippen LogP contribution in [0, 0.1) is 5.21 Å². The highest BCUT2D eigenvalue weighted by Gasteiger charge is 2.24. The first kappa shape index (κ1) is 10.8. The molecule has 0 saturated carbocycles. The number of hydrazine groups is 1. The summed E-state index contributed by atoms with van der Waals surface area (Å²) >= 11 is 0. The van der Waals surface area contributed by atoms with Crippen molar-refractivity contribution in [3.63, 3.8) is 0 Å². The molecule has 0 spiro atoms. The quantitative estimate of drug-likeness (QED) is 0.455. The number of hydrogen-bond acceptors (Lipinski definition) is 4. The van der Waals surface area contributed by atoms with Crippen molar-refractivity contribution in [3.8, 4) is 0 Å². The highest BCUT2D eigenvalue weighted by atomic mass is 16.5. The van der Waals surface area contributed by atoms with Crippen molar-refractivity contribution in [1.82, 2.24) is 16.2 Å². The third-order valence-electron chi connectivity index (χ3n) is 2.46. The average Bonchev–Trinajstić information content (AvgIpc) is 2.64. The number of rotatable bonds is 2. The summed E-state index contributed by atoms with van der Waals surface area (Å²) in [5.74, 6) is -0.371. The zero-order chi connectivity index (χ0) is 11.5. The summed E-state index contributed by atoms with van der Waals surface area (Å²) < 4.78 is 0.557. The van der Waals surface area contributed by atoms with Gasteiger partial charge in [-0.2, -0.15) is 4.73 Å². The molecule has 1 aliphatic heterocycles. The number of nitrogens with zero attached hydrogens (tertiary/aromatic N) is 1. The van der Waals surface area contributed by atoms with E-state index in [1.165, 1.54) is 12.3 Å². The molecule has 2 unspecified atom stereocenters. The summed E-state index contributed by atoms with van der Waals surface area (Å²) in [6.45, 7) is 2.01. The minimum atomic E-state index is -0.371. The lowest BCUT2D eigenvalue weighted by atomic mass is 10.2. The molecule has 1 aromatic rings. The standard InChI is InChI=1S/C10H14N4O2/c1-7-6-9(13-12-7)11-10(15)8-4-2-3-5-14(8)16/h2-5,7,9,12-13H,6H2,1H3,(H,11,15). The van der Waals surface area contributed by atoms with Gasteiger partial charge in [-0.05, 0) is 19.4 Å². The zero-order valence-electron chi connectivity index (χ0n) is 8.93. The molecule has 16 heavy (non-hydrogen) atoms. The van der Waals surface area contributed by atoms with Crippen LogP contribution in [0.4, 0.5) is 0 Å². The van der Waals surface area contributed by atoms with Crippen molar-refractivity contribution < 1.29 is 9.52 Å². The molecule has 0 radical (unpaired) electrons. The fourth-order valence-electron chi connectivity index (χ4n) is 1.65. The molecule has 6 heteroatoms. The number of hydrogen-bond donors (Lipinski definition) is 3. The van der Waals surface area contributed by atoms with Gasteiger partial charge >= 0.3 is 5.91 Å². The summed E-state index contributed by atoms with van der Waals surface area (Å²) in [6, 6.07) is 5.04. The van der Waals surface area contributed by atoms with Crippen LogP contribution in [0.5, 0.6) is 0 Å². The first-order valence-corrected chi connectivity index (χ1v) is 5.17. The van der Waals surface area contributed by atoms with Gasteiger partial charge in [-0.3, -0.25) is 10.2 Å². The SMILES string of the molecule is CC1CC(NC(=O)c2cccc[n+]2[O-])NN1. The summed E-state index contributed by atoms with van der Waals surface area (Å²) in [4.78, 5) is 11.7. The smallest absolute Gasteiger partial charge is 0.318 e. The normalized spacial score (nSPS) is 24.3. The number of nitrogens with one attached hydrogen (secondary N) is 3. The van der Waals surface area contributed by atoms with Gasteiger partial charge in [0.15, 0.2) is 6.20 Å². The molecule has 1 saturated heterocycles. The summed E-state index contributed by atoms with van der Waals surface area (Å²) in [7, 11) is 0. The Bertz CT molecular complexity index is 396. The Morgan fingerprint density at radius 3 is 3.00 bits per heavy atom. The second-order valence-electron chi connectivity index (χ2n) is 3.86. The van der Waals surface area contributed by atoms with E-state index >= 15 is 0 Å². The van der Waals surface area contributed by atoms with Gasteiger partial charge in [0.1, 0.15) is 0 Å². The third-order valence-corrected chi connectivity index (χ3v) is 2.46. The van der Waals surface area contributed by atoms with Crippen LogP contribution in [0.25, 0.3) is 0 Å². The number of amides is 1. The molecule has 2 atom stereocenters. The summed E-state index contributed by atoms with van der Waals surface area (Å²) in [5.41, 5.74) is 6.03. The molecule has 0 aliphatic carbocycles. The predicted octanol–water partition coefficient (Wildman–Crippen LogP) is -0.738. The van der Waals surface area contributed by atoms with Crippen LogP contribution < -0.4 is 20.9 Å². The number of carbonyl (C=O) groups is 1. The van der Waals surface area contributed by atoms with E-state index in [4.69, 9.17) is 0 Å². The molecule has 1 fully saturated rings. The lowest BCUT2D eigenvalue weighted by Gasteiger charge is -2.11. The first-order chi connectivity index (χ1) is 7.66. The number of aromatic nitrogens is 1. The van der Waals surface area contributed by atoms with Gasteiger partial charge in [0, 0.05) is 18.2 Å². The summed E-state index contributed by atoms with van der Waals surface area (Å²) in [5, 5.41) is 14.1. The topological polar surface area (TPSA) is 80.1 Å². The van der Waals surface area contributed by atoms with Crippen molar-refractivity contribution in [3.05, 3.63) is 35.3 Å². The fraction of sp³-hybridized carbons (Fsp3) is 0.400. The minimum Gasteiger partial charge on any atom is -0.618 e. The molecular weight excluding hydrogens is 208 g/mol. The Morgan fingerprint density at radius 1 is 1.56 bits per heavy atom. The molecule has 0 aromatic carbocycles. The van der Waals surface area contributed by atoms with Gasteiger partial charge in [0.05, 0.1) is 6.17 Å². The fourth-order valence-corrected chi connectivity index (χ4v) is 1.65. The lowest BCUT2D eigenvalue weighted by Crippen LogP contribution is -2.47. The Morgan fingerprint density at radius 2 is 2.38 bits per heavy atom. The van der Waals surface area contributed by atoms with Crippen molar-refractivity contribution in [2.45, 2.75) is 25.6 Å². The van der Waals surface area contributed by atoms with Crippen molar-refractivity contribution in [1.29, 1.82) is 0 Å². The van der Waals surface area contributed by atoms with Gasteiger partial charge < -0.3 is 10.5 Å². The Hall–Kier alpha value is -1.66. The summed E-state index contributed by atoms with van der Waals surface area (Å²) in [6.07, 6.45) is 1.96. The molecule has 2 rings (SSSR count). The average molecular weight is 222 g/mol. The highest BCUT2D eigenvalue weighted by Crippen LogP contribution is 2.01. The predicted molar refractivity (Wildman–Crippen MR) is 57.0 cm³/mol. The molecule has 2 heterocycles. The molecule has 1 aromatic heterocycles. The zero-order valence-corrected chi connectivity index (χ0v) is 8.93. The van der Waals surface area contributed by atoms with E-state index in [9.17, 15) is 10.0 Å². The molecule has 0 bridgehead atoms. The van der Waals surface area contributed by atoms with E-state index in [1.54, 1.807) is 12.1 Å². The van der Waals surface area contributed by atoms with Crippen molar-refractivity contribution in [2.24, 2.45) is 0 Å². The van der Waals surface area contributed by atoms with Crippen LogP contribution >= 0.6 is 0 Å². The third kappa shape index (κ3) is 2.29. The van der Waals surface area contributed by atoms with E-state index in [2.05, 4.69) is 16.2 Å². The van der Waals surface area contributed by atoms with Crippen LogP contribution in [-0.4, -0.2) is 18.1 Å². The first-order valence-electron chi connectivity index (χ1n) is 5.17. The minimum absolute atomic E-state index is 0.101. The van der Waals surface area contributed by atoms with Gasteiger partial charge in [-0.25, -0.2) is 5.43 Å². The molecule has 6 nitrogen and oxygen atoms in total. The molecule has 3 N–H and O–H groups in total. The highest BCUT2D eigenvalue weighted by molar-refractivity contribution is 5.91. The Labute approximate surface area is 93.2 Å². The molecule has 86 valence electrons. The number of pyridine rings is 1. The van der Waals surface area contributed by atoms with E-state index < -0.39 is 0 Å². The van der Waals surface area contributed by atoms with Crippen LogP contribution in [0.3, 0.4) is 0 Å². The second-order valence-corrected chi connectivity index (χ2v) is 3.86. The monoisotopic (exact) mass is 222 g/mol. The molecular formula is C10H14N4O2. The molecule has 1 amide bonds. The lowest BCUT2D eigenvalue weighted by molar-refractivity contribution is -0.607. The van der Waals surface area contributed by atoms with E-state index in [-0.39, 0.29) is 17.8 Å². The molecule has 1 aliphatic rings. The van der Waals surface area contributed by atoms with Crippen LogP contribution in [0.1, 0.15) is 23.8 Å². The number of carbonyl (C=O) groups excluding carboxylic acids is 1. The van der Waals surface area contributed by atoms with E-state index in [0.29, 0.717) is 10.8 Å². The maximum absolute atomic E-state index is 11.7. The van der Waals surface area contributed by atoms with Gasteiger partial charge in [0.2, 0.25) is 0 Å². The van der Waals surface area contributed by atoms with Gasteiger partial charge in [-0.1, -0.05) is 0 Å². The van der Waals surface area contributed by atoms with Crippen molar-refractivity contribution in [2.75, 3.05) is 0 Å². The van der Waals surface area contributed by atoms with Gasteiger partial charge in [-0.15, -0.1) is 0 Å². The van der Waals surface area contributed by atoms with E-state index in [0.717, 1.165) is 6.42 Å². The second kappa shape index (κ2) is 4.46. The largest absolute Gasteiger partial charge is 0.618 e. The van der Waals surface area contributed by atoms with Crippen LogP contribution in [0.15, 0.2) is 24.4 Å². The van der Waals surface area contributed by atoms with Crippen LogP contribution in [0.2, 0.25) is 0 Å².